The molecule has 0 bridgehead atoms. The van der Waals surface area contributed by atoms with Crippen LogP contribution in [0.3, 0.4) is 0 Å². The smallest absolute Gasteiger partial charge is 0.257 e. The number of aromatic nitrogens is 2. The summed E-state index contributed by atoms with van der Waals surface area (Å²) in [4.78, 5) is 23.5. The summed E-state index contributed by atoms with van der Waals surface area (Å²) >= 11 is 1.33. The number of amides is 2. The quantitative estimate of drug-likeness (QED) is 0.784. The minimum Gasteiger partial charge on any atom is -0.493 e. The van der Waals surface area contributed by atoms with Gasteiger partial charge in [-0.25, -0.2) is 0 Å². The first-order chi connectivity index (χ1) is 11.6. The van der Waals surface area contributed by atoms with Gasteiger partial charge in [0.1, 0.15) is 5.01 Å². The number of aryl methyl sites for hydroxylation is 1. The van der Waals surface area contributed by atoms with Gasteiger partial charge >= 0.3 is 0 Å². The molecule has 128 valence electrons. The lowest BCUT2D eigenvalue weighted by Crippen LogP contribution is -2.25. The predicted octanol–water partition coefficient (Wildman–Crippen LogP) is 1.49. The van der Waals surface area contributed by atoms with Crippen molar-refractivity contribution in [2.45, 2.75) is 13.3 Å². The van der Waals surface area contributed by atoms with E-state index in [9.17, 15) is 9.59 Å². The third-order valence-electron chi connectivity index (χ3n) is 3.05. The van der Waals surface area contributed by atoms with E-state index in [-0.39, 0.29) is 18.4 Å². The Morgan fingerprint density at radius 2 is 2.04 bits per heavy atom. The number of benzene rings is 1. The van der Waals surface area contributed by atoms with Crippen molar-refractivity contribution in [3.8, 4) is 11.5 Å². The number of nitrogens with zero attached hydrogens (tertiary/aromatic N) is 2. The summed E-state index contributed by atoms with van der Waals surface area (Å²) < 4.78 is 10.6. The summed E-state index contributed by atoms with van der Waals surface area (Å²) in [6.45, 7) is 1.83. The number of anilines is 1. The predicted molar refractivity (Wildman–Crippen MR) is 89.8 cm³/mol. The van der Waals surface area contributed by atoms with Crippen molar-refractivity contribution < 1.29 is 19.1 Å². The molecule has 1 heterocycles. The van der Waals surface area contributed by atoms with E-state index in [2.05, 4.69) is 20.8 Å². The average molecular weight is 350 g/mol. The van der Waals surface area contributed by atoms with Gasteiger partial charge in [-0.15, -0.1) is 10.2 Å². The Morgan fingerprint density at radius 1 is 1.25 bits per heavy atom. The monoisotopic (exact) mass is 350 g/mol. The number of rotatable bonds is 7. The number of carbonyl (C=O) groups excluding carboxylic acids is 2. The molecule has 0 atom stereocenters. The molecule has 0 saturated carbocycles. The summed E-state index contributed by atoms with van der Waals surface area (Å²) in [7, 11) is 2.98. The molecule has 0 aliphatic heterocycles. The lowest BCUT2D eigenvalue weighted by molar-refractivity contribution is -0.122. The maximum atomic E-state index is 12.3. The Morgan fingerprint density at radius 3 is 2.67 bits per heavy atom. The molecule has 0 aliphatic rings. The van der Waals surface area contributed by atoms with Crippen molar-refractivity contribution in [1.29, 1.82) is 0 Å². The number of ether oxygens (including phenoxy) is 2. The Labute approximate surface area is 143 Å². The van der Waals surface area contributed by atoms with Gasteiger partial charge in [0.25, 0.3) is 11.8 Å². The van der Waals surface area contributed by atoms with Crippen LogP contribution >= 0.6 is 11.3 Å². The molecule has 1 aromatic carbocycles. The fraction of sp³-hybridized carbons (Fsp3) is 0.333. The zero-order valence-electron chi connectivity index (χ0n) is 13.6. The van der Waals surface area contributed by atoms with Gasteiger partial charge in [0.15, 0.2) is 18.1 Å². The van der Waals surface area contributed by atoms with E-state index in [4.69, 9.17) is 9.47 Å². The van der Waals surface area contributed by atoms with Gasteiger partial charge in [0.2, 0.25) is 5.13 Å². The second-order valence-corrected chi connectivity index (χ2v) is 5.70. The minimum absolute atomic E-state index is 0.136. The van der Waals surface area contributed by atoms with Crippen molar-refractivity contribution in [2.75, 3.05) is 26.1 Å². The standard InChI is InChI=1S/C15H18N4O4S/c1-4-13-18-19-15(24-13)17-14(21)9-5-6-10(11(7-9)22-3)23-8-12(20)16-2/h5-7H,4,8H2,1-3H3,(H,16,20)(H,17,19,21). The fourth-order valence-electron chi connectivity index (χ4n) is 1.76. The number of carbonyl (C=O) groups is 2. The van der Waals surface area contributed by atoms with E-state index in [1.165, 1.54) is 31.6 Å². The zero-order valence-corrected chi connectivity index (χ0v) is 14.4. The summed E-state index contributed by atoms with van der Waals surface area (Å²) in [5.41, 5.74) is 0.382. The normalized spacial score (nSPS) is 10.1. The van der Waals surface area contributed by atoms with Gasteiger partial charge in [-0.05, 0) is 24.6 Å². The third-order valence-corrected chi connectivity index (χ3v) is 4.04. The lowest BCUT2D eigenvalue weighted by atomic mass is 10.2. The summed E-state index contributed by atoms with van der Waals surface area (Å²) in [6.07, 6.45) is 0.763. The maximum absolute atomic E-state index is 12.3. The Hall–Kier alpha value is -2.68. The molecule has 2 amide bonds. The van der Waals surface area contributed by atoms with Crippen LogP contribution in [0.1, 0.15) is 22.3 Å². The van der Waals surface area contributed by atoms with Gasteiger partial charge in [-0.2, -0.15) is 0 Å². The highest BCUT2D eigenvalue weighted by molar-refractivity contribution is 7.15. The molecule has 2 rings (SSSR count). The van der Waals surface area contributed by atoms with Crippen LogP contribution in [0.5, 0.6) is 11.5 Å². The molecular weight excluding hydrogens is 332 g/mol. The summed E-state index contributed by atoms with van der Waals surface area (Å²) in [5, 5.41) is 14.3. The lowest BCUT2D eigenvalue weighted by Gasteiger charge is -2.11. The van der Waals surface area contributed by atoms with Crippen LogP contribution in [0, 0.1) is 0 Å². The first-order valence-electron chi connectivity index (χ1n) is 7.22. The molecule has 2 aromatic rings. The van der Waals surface area contributed by atoms with Crippen LogP contribution in [0.15, 0.2) is 18.2 Å². The summed E-state index contributed by atoms with van der Waals surface area (Å²) in [5.74, 6) is 0.145. The van der Waals surface area contributed by atoms with Gasteiger partial charge in [0.05, 0.1) is 7.11 Å². The highest BCUT2D eigenvalue weighted by atomic mass is 32.1. The molecule has 2 N–H and O–H groups in total. The van der Waals surface area contributed by atoms with Crippen molar-refractivity contribution >= 4 is 28.3 Å². The first kappa shape index (κ1) is 17.7. The van der Waals surface area contributed by atoms with Crippen LogP contribution in [-0.2, 0) is 11.2 Å². The van der Waals surface area contributed by atoms with Crippen LogP contribution in [0.25, 0.3) is 0 Å². The molecule has 1 aromatic heterocycles. The van der Waals surface area contributed by atoms with E-state index < -0.39 is 0 Å². The van der Waals surface area contributed by atoms with Crippen molar-refractivity contribution in [2.24, 2.45) is 0 Å². The molecule has 0 spiro atoms. The van der Waals surface area contributed by atoms with Gasteiger partial charge in [0, 0.05) is 12.6 Å². The highest BCUT2D eigenvalue weighted by Crippen LogP contribution is 2.28. The van der Waals surface area contributed by atoms with E-state index in [0.717, 1.165) is 11.4 Å². The topological polar surface area (TPSA) is 102 Å². The molecule has 8 nitrogen and oxygen atoms in total. The van der Waals surface area contributed by atoms with Crippen LogP contribution in [-0.4, -0.2) is 42.8 Å². The van der Waals surface area contributed by atoms with E-state index >= 15 is 0 Å². The fourth-order valence-corrected chi connectivity index (χ4v) is 2.43. The van der Waals surface area contributed by atoms with Gasteiger partial charge < -0.3 is 14.8 Å². The van der Waals surface area contributed by atoms with Crippen molar-refractivity contribution in [1.82, 2.24) is 15.5 Å². The Balaban J connectivity index is 2.09. The SMILES string of the molecule is CCc1nnc(NC(=O)c2ccc(OCC(=O)NC)c(OC)c2)s1. The van der Waals surface area contributed by atoms with E-state index in [1.54, 1.807) is 12.1 Å². The van der Waals surface area contributed by atoms with Crippen LogP contribution in [0.4, 0.5) is 5.13 Å². The molecule has 0 unspecified atom stereocenters. The Bertz CT molecular complexity index is 732. The number of methoxy groups -OCH3 is 1. The highest BCUT2D eigenvalue weighted by Gasteiger charge is 2.14. The molecule has 24 heavy (non-hydrogen) atoms. The molecule has 0 radical (unpaired) electrons. The van der Waals surface area contributed by atoms with E-state index in [1.807, 2.05) is 6.92 Å². The molecule has 9 heteroatoms. The van der Waals surface area contributed by atoms with E-state index in [0.29, 0.717) is 22.2 Å². The van der Waals surface area contributed by atoms with Crippen LogP contribution in [0.2, 0.25) is 0 Å². The third kappa shape index (κ3) is 4.42. The van der Waals surface area contributed by atoms with Gasteiger partial charge in [-0.1, -0.05) is 18.3 Å². The molecular formula is C15H18N4O4S. The summed E-state index contributed by atoms with van der Waals surface area (Å²) in [6, 6.07) is 4.70. The minimum atomic E-state index is -0.329. The molecule has 0 aliphatic carbocycles. The van der Waals surface area contributed by atoms with Crippen LogP contribution < -0.4 is 20.1 Å². The second-order valence-electron chi connectivity index (χ2n) is 4.64. The molecule has 0 fully saturated rings. The first-order valence-corrected chi connectivity index (χ1v) is 8.04. The van der Waals surface area contributed by atoms with Crippen molar-refractivity contribution in [3.05, 3.63) is 28.8 Å². The van der Waals surface area contributed by atoms with Crippen molar-refractivity contribution in [3.63, 3.8) is 0 Å². The number of nitrogens with one attached hydrogen (secondary N) is 2. The molecule has 0 saturated heterocycles. The number of likely N-dealkylation sites (N-methyl/N-ethyl adjacent to an activating group) is 1. The largest absolute Gasteiger partial charge is 0.493 e. The second kappa shape index (κ2) is 8.25. The Kier molecular flexibility index (Phi) is 6.07. The number of hydrogen-bond acceptors (Lipinski definition) is 7. The van der Waals surface area contributed by atoms with Gasteiger partial charge in [-0.3, -0.25) is 14.9 Å². The average Bonchev–Trinajstić information content (AvgIpc) is 3.06. The maximum Gasteiger partial charge on any atom is 0.257 e. The zero-order chi connectivity index (χ0) is 17.5. The number of hydrogen-bond donors (Lipinski definition) is 2.